The van der Waals surface area contributed by atoms with Crippen molar-refractivity contribution in [3.63, 3.8) is 0 Å². The molecule has 2 nitrogen and oxygen atoms in total. The van der Waals surface area contributed by atoms with Gasteiger partial charge in [0.1, 0.15) is 5.75 Å². The third-order valence-electron chi connectivity index (χ3n) is 6.62. The normalized spacial score (nSPS) is 20.7. The SMILES string of the molecule is Cc1cc(CN(C2CCCCC2)C2CCCCC2)cc(C(C)(C)C)c1O. The standard InChI is InChI=1S/C24H39NO/c1-18-15-19(16-22(23(18)26)24(2,3)4)17-25(20-11-7-5-8-12-20)21-13-9-6-10-14-21/h15-16,20-21,26H,5-14,17H2,1-4H3. The minimum atomic E-state index is -0.0225. The van der Waals surface area contributed by atoms with Gasteiger partial charge in [0.15, 0.2) is 0 Å². The van der Waals surface area contributed by atoms with Gasteiger partial charge in [-0.2, -0.15) is 0 Å². The summed E-state index contributed by atoms with van der Waals surface area (Å²) < 4.78 is 0. The second-order valence-electron chi connectivity index (χ2n) is 9.81. The van der Waals surface area contributed by atoms with Gasteiger partial charge in [0, 0.05) is 18.6 Å². The van der Waals surface area contributed by atoms with Crippen LogP contribution in [0.15, 0.2) is 12.1 Å². The highest BCUT2D eigenvalue weighted by Crippen LogP contribution is 2.36. The quantitative estimate of drug-likeness (QED) is 0.668. The first-order valence-corrected chi connectivity index (χ1v) is 10.9. The van der Waals surface area contributed by atoms with Gasteiger partial charge in [0.2, 0.25) is 0 Å². The Hall–Kier alpha value is -1.02. The van der Waals surface area contributed by atoms with E-state index in [4.69, 9.17) is 0 Å². The fraction of sp³-hybridized carbons (Fsp3) is 0.750. The average molecular weight is 358 g/mol. The van der Waals surface area contributed by atoms with Gasteiger partial charge in [-0.3, -0.25) is 4.90 Å². The summed E-state index contributed by atoms with van der Waals surface area (Å²) >= 11 is 0. The lowest BCUT2D eigenvalue weighted by Crippen LogP contribution is -2.44. The molecule has 0 radical (unpaired) electrons. The molecule has 1 aromatic carbocycles. The molecule has 3 rings (SSSR count). The zero-order valence-corrected chi connectivity index (χ0v) is 17.5. The lowest BCUT2D eigenvalue weighted by molar-refractivity contribution is 0.0730. The molecule has 0 saturated heterocycles. The number of aryl methyl sites for hydroxylation is 1. The lowest BCUT2D eigenvalue weighted by atomic mass is 9.83. The predicted molar refractivity (Wildman–Crippen MR) is 111 cm³/mol. The van der Waals surface area contributed by atoms with Crippen LogP contribution >= 0.6 is 0 Å². The number of phenols is 1. The summed E-state index contributed by atoms with van der Waals surface area (Å²) in [5.74, 6) is 0.489. The Morgan fingerprint density at radius 1 is 0.885 bits per heavy atom. The van der Waals surface area contributed by atoms with Crippen LogP contribution < -0.4 is 0 Å². The zero-order valence-electron chi connectivity index (χ0n) is 17.5. The largest absolute Gasteiger partial charge is 0.507 e. The maximum absolute atomic E-state index is 10.6. The summed E-state index contributed by atoms with van der Waals surface area (Å²) in [4.78, 5) is 2.86. The first kappa shape index (κ1) is 19.7. The molecule has 146 valence electrons. The van der Waals surface area contributed by atoms with E-state index < -0.39 is 0 Å². The van der Waals surface area contributed by atoms with E-state index in [-0.39, 0.29) is 5.41 Å². The molecular formula is C24H39NO. The van der Waals surface area contributed by atoms with E-state index in [0.717, 1.165) is 29.8 Å². The number of hydrogen-bond donors (Lipinski definition) is 1. The molecule has 1 aromatic rings. The van der Waals surface area contributed by atoms with Crippen molar-refractivity contribution < 1.29 is 5.11 Å². The van der Waals surface area contributed by atoms with Gasteiger partial charge in [0.05, 0.1) is 0 Å². The van der Waals surface area contributed by atoms with Crippen LogP contribution in [0.5, 0.6) is 5.75 Å². The molecular weight excluding hydrogens is 318 g/mol. The summed E-state index contributed by atoms with van der Waals surface area (Å²) in [6.45, 7) is 9.71. The van der Waals surface area contributed by atoms with Gasteiger partial charge in [-0.05, 0) is 54.7 Å². The highest BCUT2D eigenvalue weighted by Gasteiger charge is 2.29. The molecule has 2 fully saturated rings. The first-order valence-electron chi connectivity index (χ1n) is 10.9. The van der Waals surface area contributed by atoms with Crippen molar-refractivity contribution in [2.24, 2.45) is 0 Å². The molecule has 26 heavy (non-hydrogen) atoms. The Bertz CT molecular complexity index is 571. The zero-order chi connectivity index (χ0) is 18.7. The molecule has 2 heteroatoms. The summed E-state index contributed by atoms with van der Waals surface area (Å²) in [6, 6.07) is 6.03. The van der Waals surface area contributed by atoms with Crippen LogP contribution in [0.1, 0.15) is 102 Å². The van der Waals surface area contributed by atoms with Crippen molar-refractivity contribution >= 4 is 0 Å². The predicted octanol–water partition coefficient (Wildman–Crippen LogP) is 6.47. The Labute approximate surface area is 161 Å². The van der Waals surface area contributed by atoms with Crippen LogP contribution in [-0.2, 0) is 12.0 Å². The van der Waals surface area contributed by atoms with Crippen molar-refractivity contribution in [3.05, 3.63) is 28.8 Å². The molecule has 0 atom stereocenters. The van der Waals surface area contributed by atoms with Crippen molar-refractivity contribution in [2.75, 3.05) is 0 Å². The molecule has 1 N–H and O–H groups in total. The highest BCUT2D eigenvalue weighted by molar-refractivity contribution is 5.46. The highest BCUT2D eigenvalue weighted by atomic mass is 16.3. The van der Waals surface area contributed by atoms with Gasteiger partial charge in [-0.1, -0.05) is 71.4 Å². The topological polar surface area (TPSA) is 23.5 Å². The molecule has 0 bridgehead atoms. The van der Waals surface area contributed by atoms with Crippen LogP contribution in [0.25, 0.3) is 0 Å². The van der Waals surface area contributed by atoms with Crippen LogP contribution in [0.4, 0.5) is 0 Å². The van der Waals surface area contributed by atoms with E-state index in [2.05, 4.69) is 44.7 Å². The monoisotopic (exact) mass is 357 g/mol. The van der Waals surface area contributed by atoms with Gasteiger partial charge < -0.3 is 5.11 Å². The van der Waals surface area contributed by atoms with E-state index in [1.54, 1.807) is 0 Å². The number of hydrogen-bond acceptors (Lipinski definition) is 2. The number of aromatic hydroxyl groups is 1. The van der Waals surface area contributed by atoms with Gasteiger partial charge in [-0.15, -0.1) is 0 Å². The van der Waals surface area contributed by atoms with Crippen molar-refractivity contribution in [2.45, 2.75) is 116 Å². The fourth-order valence-electron chi connectivity index (χ4n) is 5.11. The molecule has 0 spiro atoms. The third kappa shape index (κ3) is 4.63. The number of rotatable bonds is 4. The summed E-state index contributed by atoms with van der Waals surface area (Å²) in [7, 11) is 0. The Balaban J connectivity index is 1.87. The van der Waals surface area contributed by atoms with E-state index in [9.17, 15) is 5.11 Å². The molecule has 0 aromatic heterocycles. The second-order valence-corrected chi connectivity index (χ2v) is 9.81. The third-order valence-corrected chi connectivity index (χ3v) is 6.62. The minimum Gasteiger partial charge on any atom is -0.507 e. The Morgan fingerprint density at radius 3 is 1.85 bits per heavy atom. The van der Waals surface area contributed by atoms with Crippen LogP contribution in [0.2, 0.25) is 0 Å². The number of phenolic OH excluding ortho intramolecular Hbond substituents is 1. The summed E-state index contributed by atoms with van der Waals surface area (Å²) in [5, 5.41) is 10.6. The van der Waals surface area contributed by atoms with Crippen LogP contribution in [0, 0.1) is 6.92 Å². The first-order chi connectivity index (χ1) is 12.4. The van der Waals surface area contributed by atoms with Crippen LogP contribution in [-0.4, -0.2) is 22.1 Å². The fourth-order valence-corrected chi connectivity index (χ4v) is 5.11. The molecule has 2 aliphatic carbocycles. The molecule has 0 heterocycles. The smallest absolute Gasteiger partial charge is 0.122 e. The number of nitrogens with zero attached hydrogens (tertiary/aromatic N) is 1. The van der Waals surface area contributed by atoms with Gasteiger partial charge >= 0.3 is 0 Å². The summed E-state index contributed by atoms with van der Waals surface area (Å²) in [6.07, 6.45) is 13.9. The van der Waals surface area contributed by atoms with Crippen LogP contribution in [0.3, 0.4) is 0 Å². The van der Waals surface area contributed by atoms with E-state index >= 15 is 0 Å². The Morgan fingerprint density at radius 2 is 1.38 bits per heavy atom. The molecule has 0 aliphatic heterocycles. The Kier molecular flexibility index (Phi) is 6.33. The molecule has 2 aliphatic rings. The van der Waals surface area contributed by atoms with Crippen molar-refractivity contribution in [1.29, 1.82) is 0 Å². The van der Waals surface area contributed by atoms with Gasteiger partial charge in [-0.25, -0.2) is 0 Å². The van der Waals surface area contributed by atoms with E-state index in [1.165, 1.54) is 69.8 Å². The number of benzene rings is 1. The minimum absolute atomic E-state index is 0.0225. The van der Waals surface area contributed by atoms with E-state index in [0.29, 0.717) is 5.75 Å². The maximum Gasteiger partial charge on any atom is 0.122 e. The average Bonchev–Trinajstić information content (AvgIpc) is 2.63. The van der Waals surface area contributed by atoms with E-state index in [1.807, 2.05) is 0 Å². The van der Waals surface area contributed by atoms with Gasteiger partial charge in [0.25, 0.3) is 0 Å². The molecule has 2 saturated carbocycles. The second kappa shape index (κ2) is 8.33. The lowest BCUT2D eigenvalue weighted by Gasteiger charge is -2.42. The van der Waals surface area contributed by atoms with Crippen molar-refractivity contribution in [3.8, 4) is 5.75 Å². The van der Waals surface area contributed by atoms with Crippen molar-refractivity contribution in [1.82, 2.24) is 4.90 Å². The molecule has 0 amide bonds. The molecule has 0 unspecified atom stereocenters. The summed E-state index contributed by atoms with van der Waals surface area (Å²) in [5.41, 5.74) is 3.49. The maximum atomic E-state index is 10.6.